The highest BCUT2D eigenvalue weighted by atomic mass is 35.5. The summed E-state index contributed by atoms with van der Waals surface area (Å²) in [6.07, 6.45) is 1.08. The van der Waals surface area contributed by atoms with Crippen LogP contribution in [0.4, 0.5) is 5.82 Å². The van der Waals surface area contributed by atoms with Gasteiger partial charge in [-0.15, -0.1) is 10.2 Å². The van der Waals surface area contributed by atoms with Crippen LogP contribution in [0.1, 0.15) is 17.0 Å². The van der Waals surface area contributed by atoms with Gasteiger partial charge in [0, 0.05) is 12.5 Å². The highest BCUT2D eigenvalue weighted by molar-refractivity contribution is 6.32. The van der Waals surface area contributed by atoms with E-state index in [2.05, 4.69) is 44.8 Å². The molecule has 92 valence electrons. The number of hydrogen-bond donors (Lipinski definition) is 1. The SMILES string of the molecule is Clc1nnc(Cl)c(NCC2Cc3ccccc32)n1. The third kappa shape index (κ3) is 2.13. The first kappa shape index (κ1) is 11.7. The van der Waals surface area contributed by atoms with Crippen LogP contribution in [0.3, 0.4) is 0 Å². The summed E-state index contributed by atoms with van der Waals surface area (Å²) in [6, 6.07) is 8.43. The van der Waals surface area contributed by atoms with Crippen molar-refractivity contribution in [1.29, 1.82) is 0 Å². The van der Waals surface area contributed by atoms with Crippen LogP contribution in [0.2, 0.25) is 10.4 Å². The summed E-state index contributed by atoms with van der Waals surface area (Å²) in [5.74, 6) is 0.979. The van der Waals surface area contributed by atoms with Crippen molar-refractivity contribution in [2.45, 2.75) is 12.3 Å². The van der Waals surface area contributed by atoms with Crippen LogP contribution in [0, 0.1) is 0 Å². The van der Waals surface area contributed by atoms with Gasteiger partial charge in [0.05, 0.1) is 0 Å². The van der Waals surface area contributed by atoms with Gasteiger partial charge in [-0.25, -0.2) is 0 Å². The lowest BCUT2D eigenvalue weighted by Gasteiger charge is -2.30. The maximum atomic E-state index is 5.88. The molecule has 4 nitrogen and oxygen atoms in total. The second-order valence-electron chi connectivity index (χ2n) is 4.20. The Bertz CT molecular complexity index is 588. The molecule has 6 heteroatoms. The Kier molecular flexibility index (Phi) is 3.06. The van der Waals surface area contributed by atoms with Gasteiger partial charge in [0.15, 0.2) is 11.0 Å². The van der Waals surface area contributed by atoms with Gasteiger partial charge in [0.2, 0.25) is 5.28 Å². The standard InChI is InChI=1S/C12H10Cl2N4/c13-10-11(16-12(14)18-17-10)15-6-8-5-7-3-1-2-4-9(7)8/h1-4,8H,5-6H2,(H,15,16,18). The van der Waals surface area contributed by atoms with E-state index in [0.717, 1.165) is 13.0 Å². The summed E-state index contributed by atoms with van der Waals surface area (Å²) < 4.78 is 0. The number of nitrogens with one attached hydrogen (secondary N) is 1. The molecule has 0 saturated carbocycles. The average Bonchev–Trinajstić information content (AvgIpc) is 2.34. The lowest BCUT2D eigenvalue weighted by atomic mass is 9.78. The second-order valence-corrected chi connectivity index (χ2v) is 4.90. The molecule has 1 aromatic carbocycles. The summed E-state index contributed by atoms with van der Waals surface area (Å²) in [5, 5.41) is 10.8. The largest absolute Gasteiger partial charge is 0.367 e. The minimum atomic E-state index is 0.0934. The number of aromatic nitrogens is 3. The Morgan fingerprint density at radius 1 is 1.22 bits per heavy atom. The molecule has 0 amide bonds. The maximum absolute atomic E-state index is 5.88. The van der Waals surface area contributed by atoms with E-state index in [-0.39, 0.29) is 10.4 Å². The monoisotopic (exact) mass is 280 g/mol. The zero-order chi connectivity index (χ0) is 12.5. The first-order chi connectivity index (χ1) is 8.74. The van der Waals surface area contributed by atoms with Gasteiger partial charge in [0.1, 0.15) is 0 Å². The summed E-state index contributed by atoms with van der Waals surface area (Å²) in [6.45, 7) is 0.770. The average molecular weight is 281 g/mol. The summed E-state index contributed by atoms with van der Waals surface area (Å²) in [5.41, 5.74) is 2.79. The van der Waals surface area contributed by atoms with Gasteiger partial charge in [-0.05, 0) is 29.1 Å². The van der Waals surface area contributed by atoms with Gasteiger partial charge in [0.25, 0.3) is 0 Å². The van der Waals surface area contributed by atoms with Crippen molar-refractivity contribution < 1.29 is 0 Å². The van der Waals surface area contributed by atoms with Crippen molar-refractivity contribution in [1.82, 2.24) is 15.2 Å². The molecule has 1 unspecified atom stereocenters. The molecule has 0 radical (unpaired) electrons. The molecule has 3 rings (SSSR count). The first-order valence-corrected chi connectivity index (χ1v) is 6.37. The number of benzene rings is 1. The molecule has 1 atom stereocenters. The van der Waals surface area contributed by atoms with Crippen LogP contribution in [0.15, 0.2) is 24.3 Å². The van der Waals surface area contributed by atoms with E-state index in [9.17, 15) is 0 Å². The molecule has 1 heterocycles. The van der Waals surface area contributed by atoms with E-state index >= 15 is 0 Å². The third-order valence-electron chi connectivity index (χ3n) is 3.10. The van der Waals surface area contributed by atoms with E-state index in [1.54, 1.807) is 0 Å². The molecule has 0 aliphatic heterocycles. The molecule has 1 aliphatic rings. The van der Waals surface area contributed by atoms with E-state index in [0.29, 0.717) is 11.7 Å². The number of rotatable bonds is 3. The predicted molar refractivity (Wildman–Crippen MR) is 71.2 cm³/mol. The molecular formula is C12H10Cl2N4. The smallest absolute Gasteiger partial charge is 0.245 e. The lowest BCUT2D eigenvalue weighted by molar-refractivity contribution is 0.634. The fraction of sp³-hybridized carbons (Fsp3) is 0.250. The first-order valence-electron chi connectivity index (χ1n) is 5.61. The van der Waals surface area contributed by atoms with Gasteiger partial charge in [-0.1, -0.05) is 35.9 Å². The van der Waals surface area contributed by atoms with Gasteiger partial charge in [-0.2, -0.15) is 4.98 Å². The Morgan fingerprint density at radius 2 is 2.06 bits per heavy atom. The predicted octanol–water partition coefficient (Wildman–Crippen LogP) is 2.93. The summed E-state index contributed by atoms with van der Waals surface area (Å²) in [4.78, 5) is 4.01. The van der Waals surface area contributed by atoms with Crippen molar-refractivity contribution in [2.75, 3.05) is 11.9 Å². The molecule has 0 bridgehead atoms. The van der Waals surface area contributed by atoms with Gasteiger partial charge in [-0.3, -0.25) is 0 Å². The fourth-order valence-corrected chi connectivity index (χ4v) is 2.44. The Hall–Kier alpha value is -1.39. The zero-order valence-corrected chi connectivity index (χ0v) is 10.9. The lowest BCUT2D eigenvalue weighted by Crippen LogP contribution is -2.24. The molecule has 1 N–H and O–H groups in total. The normalized spacial score (nSPS) is 16.9. The van der Waals surface area contributed by atoms with Crippen LogP contribution < -0.4 is 5.32 Å². The van der Waals surface area contributed by atoms with Crippen molar-refractivity contribution in [2.24, 2.45) is 0 Å². The van der Waals surface area contributed by atoms with Crippen LogP contribution in [-0.4, -0.2) is 21.7 Å². The van der Waals surface area contributed by atoms with Crippen LogP contribution in [0.5, 0.6) is 0 Å². The molecular weight excluding hydrogens is 271 g/mol. The van der Waals surface area contributed by atoms with Crippen molar-refractivity contribution >= 4 is 29.0 Å². The number of nitrogens with zero attached hydrogens (tertiary/aromatic N) is 3. The van der Waals surface area contributed by atoms with Gasteiger partial charge < -0.3 is 5.32 Å². The molecule has 18 heavy (non-hydrogen) atoms. The number of hydrogen-bond acceptors (Lipinski definition) is 4. The third-order valence-corrected chi connectivity index (χ3v) is 3.51. The molecule has 0 saturated heterocycles. The van der Waals surface area contributed by atoms with E-state index < -0.39 is 0 Å². The minimum absolute atomic E-state index is 0.0934. The van der Waals surface area contributed by atoms with Crippen molar-refractivity contribution in [3.05, 3.63) is 45.8 Å². The Balaban J connectivity index is 1.68. The summed E-state index contributed by atoms with van der Waals surface area (Å²) in [7, 11) is 0. The quantitative estimate of drug-likeness (QED) is 0.939. The molecule has 1 aliphatic carbocycles. The van der Waals surface area contributed by atoms with Crippen LogP contribution >= 0.6 is 23.2 Å². The number of anilines is 1. The topological polar surface area (TPSA) is 50.7 Å². The Labute approximate surface area is 114 Å². The van der Waals surface area contributed by atoms with E-state index in [4.69, 9.17) is 23.2 Å². The number of halogens is 2. The second kappa shape index (κ2) is 4.71. The van der Waals surface area contributed by atoms with Crippen molar-refractivity contribution in [3.8, 4) is 0 Å². The van der Waals surface area contributed by atoms with Crippen molar-refractivity contribution in [3.63, 3.8) is 0 Å². The Morgan fingerprint density at radius 3 is 2.89 bits per heavy atom. The maximum Gasteiger partial charge on any atom is 0.245 e. The van der Waals surface area contributed by atoms with Crippen LogP contribution in [-0.2, 0) is 6.42 Å². The fourth-order valence-electron chi connectivity index (χ4n) is 2.17. The zero-order valence-electron chi connectivity index (χ0n) is 9.40. The highest BCUT2D eigenvalue weighted by Crippen LogP contribution is 2.34. The van der Waals surface area contributed by atoms with E-state index in [1.165, 1.54) is 11.1 Å². The molecule has 0 spiro atoms. The molecule has 0 fully saturated rings. The van der Waals surface area contributed by atoms with E-state index in [1.807, 2.05) is 0 Å². The molecule has 1 aromatic heterocycles. The van der Waals surface area contributed by atoms with Crippen LogP contribution in [0.25, 0.3) is 0 Å². The number of fused-ring (bicyclic) bond motifs is 1. The highest BCUT2D eigenvalue weighted by Gasteiger charge is 2.25. The minimum Gasteiger partial charge on any atom is -0.367 e. The summed E-state index contributed by atoms with van der Waals surface area (Å²) >= 11 is 11.6. The molecule has 2 aromatic rings. The van der Waals surface area contributed by atoms with Gasteiger partial charge >= 0.3 is 0 Å².